The van der Waals surface area contributed by atoms with Gasteiger partial charge < -0.3 is 19.9 Å². The molecule has 12 heteroatoms. The molecule has 0 saturated heterocycles. The average Bonchev–Trinajstić information content (AvgIpc) is 2.81. The number of aromatic nitrogens is 2. The summed E-state index contributed by atoms with van der Waals surface area (Å²) in [5.41, 5.74) is 4.16. The topological polar surface area (TPSA) is 163 Å². The van der Waals surface area contributed by atoms with Crippen LogP contribution in [-0.4, -0.2) is 61.4 Å². The molecule has 0 aliphatic heterocycles. The number of nitrogens with one attached hydrogen (secondary N) is 1. The summed E-state index contributed by atoms with van der Waals surface area (Å²) in [6, 6.07) is 5.80. The minimum Gasteiger partial charge on any atom is -0.465 e. The molecule has 0 unspecified atom stereocenters. The van der Waals surface area contributed by atoms with Crippen LogP contribution in [-0.2, 0) is 25.5 Å². The first-order valence-corrected chi connectivity index (χ1v) is 10.4. The number of aromatic amines is 1. The van der Waals surface area contributed by atoms with Crippen LogP contribution in [0.3, 0.4) is 0 Å². The van der Waals surface area contributed by atoms with E-state index in [-0.39, 0.29) is 48.2 Å². The summed E-state index contributed by atoms with van der Waals surface area (Å²) >= 11 is 0. The van der Waals surface area contributed by atoms with E-state index in [1.807, 2.05) is 13.8 Å². The number of nitrogen functional groups attached to an aromatic ring is 1. The summed E-state index contributed by atoms with van der Waals surface area (Å²) in [6.45, 7) is 3.10. The van der Waals surface area contributed by atoms with Gasteiger partial charge in [0, 0.05) is 20.2 Å². The number of hydrogen-bond acceptors (Lipinski definition) is 9. The van der Waals surface area contributed by atoms with Crippen molar-refractivity contribution in [3.05, 3.63) is 56.2 Å². The van der Waals surface area contributed by atoms with Gasteiger partial charge in [-0.3, -0.25) is 24.0 Å². The highest BCUT2D eigenvalue weighted by molar-refractivity contribution is 6.04. The summed E-state index contributed by atoms with van der Waals surface area (Å²) in [4.78, 5) is 65.4. The van der Waals surface area contributed by atoms with Gasteiger partial charge in [-0.1, -0.05) is 26.0 Å². The maximum atomic E-state index is 13.0. The maximum absolute atomic E-state index is 13.0. The Hall–Kier alpha value is -3.93. The fourth-order valence-electron chi connectivity index (χ4n) is 3.16. The Morgan fingerprint density at radius 2 is 1.71 bits per heavy atom. The molecular weight excluding hydrogens is 448 g/mol. The number of nitrogens with zero attached hydrogens (tertiary/aromatic N) is 2. The normalized spacial score (nSPS) is 10.7. The minimum absolute atomic E-state index is 0.0257. The monoisotopic (exact) mass is 476 g/mol. The van der Waals surface area contributed by atoms with Crippen LogP contribution in [0.1, 0.15) is 34.6 Å². The molecule has 0 spiro atoms. The molecular formula is C22H28N4O8. The zero-order chi connectivity index (χ0) is 25.4. The van der Waals surface area contributed by atoms with Crippen LogP contribution in [0.15, 0.2) is 33.9 Å². The van der Waals surface area contributed by atoms with E-state index in [1.54, 1.807) is 6.07 Å². The van der Waals surface area contributed by atoms with Crippen LogP contribution in [0.2, 0.25) is 0 Å². The molecule has 0 radical (unpaired) electrons. The number of rotatable bonds is 10. The number of nitrogens with two attached hydrogens (primary N) is 1. The van der Waals surface area contributed by atoms with Crippen LogP contribution in [0, 0.1) is 5.92 Å². The van der Waals surface area contributed by atoms with Crippen molar-refractivity contribution in [1.82, 2.24) is 9.55 Å². The van der Waals surface area contributed by atoms with E-state index in [4.69, 9.17) is 15.2 Å². The Labute approximate surface area is 195 Å². The van der Waals surface area contributed by atoms with Crippen molar-refractivity contribution in [3.8, 4) is 0 Å². The van der Waals surface area contributed by atoms with Crippen molar-refractivity contribution in [2.75, 3.05) is 44.6 Å². The summed E-state index contributed by atoms with van der Waals surface area (Å²) in [5, 5.41) is 0. The Bertz CT molecular complexity index is 1170. The smallest absolute Gasteiger partial charge is 0.339 e. The van der Waals surface area contributed by atoms with Gasteiger partial charge in [-0.15, -0.1) is 0 Å². The first-order chi connectivity index (χ1) is 16.1. The first-order valence-electron chi connectivity index (χ1n) is 10.4. The molecule has 34 heavy (non-hydrogen) atoms. The summed E-state index contributed by atoms with van der Waals surface area (Å²) < 4.78 is 15.9. The second kappa shape index (κ2) is 11.8. The van der Waals surface area contributed by atoms with E-state index in [9.17, 15) is 24.0 Å². The number of esters is 2. The van der Waals surface area contributed by atoms with Crippen molar-refractivity contribution in [1.29, 1.82) is 0 Å². The number of carbonyl (C=O) groups is 3. The van der Waals surface area contributed by atoms with Gasteiger partial charge in [-0.25, -0.2) is 14.4 Å². The third kappa shape index (κ3) is 6.10. The number of benzene rings is 1. The quantitative estimate of drug-likeness (QED) is 0.462. The van der Waals surface area contributed by atoms with Gasteiger partial charge in [0.2, 0.25) is 0 Å². The number of carbonyl (C=O) groups excluding carboxylic acids is 3. The number of H-pyrrole nitrogens is 1. The van der Waals surface area contributed by atoms with E-state index < -0.39 is 35.7 Å². The molecule has 0 fully saturated rings. The molecule has 12 nitrogen and oxygen atoms in total. The van der Waals surface area contributed by atoms with Crippen LogP contribution in [0.5, 0.6) is 0 Å². The highest BCUT2D eigenvalue weighted by Crippen LogP contribution is 2.18. The number of hydrogen-bond donors (Lipinski definition) is 2. The van der Waals surface area contributed by atoms with Crippen LogP contribution in [0.4, 0.5) is 11.5 Å². The molecule has 184 valence electrons. The van der Waals surface area contributed by atoms with Gasteiger partial charge in [0.25, 0.3) is 11.5 Å². The second-order valence-electron chi connectivity index (χ2n) is 7.65. The van der Waals surface area contributed by atoms with Gasteiger partial charge in [-0.05, 0) is 18.1 Å². The molecule has 2 rings (SSSR count). The van der Waals surface area contributed by atoms with Crippen LogP contribution in [0.25, 0.3) is 0 Å². The molecule has 1 aromatic carbocycles. The Balaban J connectivity index is 2.35. The first kappa shape index (κ1) is 26.3. The predicted molar refractivity (Wildman–Crippen MR) is 123 cm³/mol. The van der Waals surface area contributed by atoms with Gasteiger partial charge >= 0.3 is 17.6 Å². The molecule has 3 N–H and O–H groups in total. The maximum Gasteiger partial charge on any atom is 0.339 e. The van der Waals surface area contributed by atoms with Gasteiger partial charge in [-0.2, -0.15) is 0 Å². The number of ether oxygens (including phenoxy) is 3. The minimum atomic E-state index is -0.937. The fourth-order valence-corrected chi connectivity index (χ4v) is 3.16. The van der Waals surface area contributed by atoms with Crippen LogP contribution >= 0.6 is 0 Å². The molecule has 1 heterocycles. The third-order valence-electron chi connectivity index (χ3n) is 4.73. The lowest BCUT2D eigenvalue weighted by Gasteiger charge is -2.24. The summed E-state index contributed by atoms with van der Waals surface area (Å²) in [5.74, 6) is -2.64. The SMILES string of the molecule is COCCN(C(=O)COC(=O)c1ccccc1C(=O)OC)c1c(N)n(CC(C)C)c(=O)[nH]c1=O. The van der Waals surface area contributed by atoms with E-state index in [1.165, 1.54) is 32.4 Å². The standard InChI is InChI=1S/C22H28N4O8/c1-13(2)11-26-18(23)17(19(28)24-22(26)31)25(9-10-32-3)16(27)12-34-21(30)15-8-6-5-7-14(15)20(29)33-4/h5-8,13H,9-12,23H2,1-4H3,(H,24,28,31). The Morgan fingerprint density at radius 1 is 1.09 bits per heavy atom. The molecule has 0 saturated carbocycles. The zero-order valence-corrected chi connectivity index (χ0v) is 19.5. The third-order valence-corrected chi connectivity index (χ3v) is 4.73. The van der Waals surface area contributed by atoms with Gasteiger partial charge in [0.05, 0.1) is 24.8 Å². The van der Waals surface area contributed by atoms with Crippen molar-refractivity contribution in [2.45, 2.75) is 20.4 Å². The van der Waals surface area contributed by atoms with E-state index >= 15 is 0 Å². The molecule has 1 amide bonds. The average molecular weight is 476 g/mol. The van der Waals surface area contributed by atoms with Crippen LogP contribution < -0.4 is 21.9 Å². The number of amides is 1. The molecule has 0 atom stereocenters. The Morgan fingerprint density at radius 3 is 2.26 bits per heavy atom. The van der Waals surface area contributed by atoms with Gasteiger partial charge in [0.1, 0.15) is 5.82 Å². The highest BCUT2D eigenvalue weighted by Gasteiger charge is 2.26. The molecule has 0 bridgehead atoms. The second-order valence-corrected chi connectivity index (χ2v) is 7.65. The van der Waals surface area contributed by atoms with E-state index in [2.05, 4.69) is 9.72 Å². The van der Waals surface area contributed by atoms with Crippen molar-refractivity contribution < 1.29 is 28.6 Å². The van der Waals surface area contributed by atoms with E-state index in [0.29, 0.717) is 0 Å². The Kier molecular flexibility index (Phi) is 9.13. The van der Waals surface area contributed by atoms with Gasteiger partial charge in [0.15, 0.2) is 12.3 Å². The summed E-state index contributed by atoms with van der Waals surface area (Å²) in [7, 11) is 2.57. The molecule has 0 aliphatic carbocycles. The number of anilines is 2. The lowest BCUT2D eigenvalue weighted by molar-refractivity contribution is -0.121. The van der Waals surface area contributed by atoms with E-state index in [0.717, 1.165) is 9.47 Å². The highest BCUT2D eigenvalue weighted by atomic mass is 16.5. The fraction of sp³-hybridized carbons (Fsp3) is 0.409. The largest absolute Gasteiger partial charge is 0.465 e. The zero-order valence-electron chi connectivity index (χ0n) is 19.5. The molecule has 1 aromatic heterocycles. The molecule has 0 aliphatic rings. The lowest BCUT2D eigenvalue weighted by atomic mass is 10.1. The van der Waals surface area contributed by atoms with Crippen molar-refractivity contribution in [3.63, 3.8) is 0 Å². The predicted octanol–water partition coefficient (Wildman–Crippen LogP) is 0.398. The summed E-state index contributed by atoms with van der Waals surface area (Å²) in [6.07, 6.45) is 0. The lowest BCUT2D eigenvalue weighted by Crippen LogP contribution is -2.44. The van der Waals surface area contributed by atoms with Crippen molar-refractivity contribution >= 4 is 29.4 Å². The number of methoxy groups -OCH3 is 2. The van der Waals surface area contributed by atoms with Crippen molar-refractivity contribution in [2.24, 2.45) is 5.92 Å². The molecule has 2 aromatic rings.